The molecule has 0 aliphatic carbocycles. The Morgan fingerprint density at radius 3 is 2.35 bits per heavy atom. The number of methoxy groups -OCH3 is 1. The zero-order chi connectivity index (χ0) is 18.5. The van der Waals surface area contributed by atoms with Crippen LogP contribution in [0.3, 0.4) is 0 Å². The molecule has 1 aromatic heterocycles. The van der Waals surface area contributed by atoms with Crippen molar-refractivity contribution in [2.24, 2.45) is 7.05 Å². The molecule has 0 unspecified atom stereocenters. The predicted octanol–water partition coefficient (Wildman–Crippen LogP) is 4.01. The van der Waals surface area contributed by atoms with Gasteiger partial charge in [0.05, 0.1) is 20.3 Å². The van der Waals surface area contributed by atoms with Crippen LogP contribution in [0.5, 0.6) is 5.75 Å². The maximum absolute atomic E-state index is 9.04. The second kappa shape index (κ2) is 8.04. The minimum atomic E-state index is 0.0853. The van der Waals surface area contributed by atoms with Gasteiger partial charge in [-0.2, -0.15) is 0 Å². The molecule has 0 saturated carbocycles. The van der Waals surface area contributed by atoms with E-state index in [9.17, 15) is 0 Å². The fraction of sp³-hybridized carbons (Fsp3) is 0.182. The Hall–Kier alpha value is -2.82. The molecule has 4 nitrogen and oxygen atoms in total. The molecule has 0 aliphatic heterocycles. The zero-order valence-electron chi connectivity index (χ0n) is 15.0. The molecule has 1 heterocycles. The molecule has 26 heavy (non-hydrogen) atoms. The average Bonchev–Trinajstić information content (AvgIpc) is 3.04. The molecular weight excluding hydrogens is 326 g/mol. The maximum Gasteiger partial charge on any atom is 0.119 e. The van der Waals surface area contributed by atoms with Crippen molar-refractivity contribution in [1.82, 2.24) is 4.57 Å². The molecule has 134 valence electrons. The average molecular weight is 349 g/mol. The van der Waals surface area contributed by atoms with Gasteiger partial charge in [0.1, 0.15) is 5.75 Å². The number of aliphatic hydroxyl groups is 2. The Balaban J connectivity index is 0.000000152. The molecule has 4 aromatic rings. The van der Waals surface area contributed by atoms with Crippen LogP contribution in [-0.4, -0.2) is 21.9 Å². The molecule has 0 atom stereocenters. The van der Waals surface area contributed by atoms with Crippen LogP contribution in [0, 0.1) is 0 Å². The number of nitrogens with zero attached hydrogens (tertiary/aromatic N) is 1. The lowest BCUT2D eigenvalue weighted by Crippen LogP contribution is -1.85. The summed E-state index contributed by atoms with van der Waals surface area (Å²) in [6.07, 6.45) is 1.96. The predicted molar refractivity (Wildman–Crippen MR) is 105 cm³/mol. The molecule has 2 N–H and O–H groups in total. The minimum absolute atomic E-state index is 0.0853. The van der Waals surface area contributed by atoms with E-state index >= 15 is 0 Å². The van der Waals surface area contributed by atoms with Crippen molar-refractivity contribution in [3.8, 4) is 5.75 Å². The fourth-order valence-electron chi connectivity index (χ4n) is 3.05. The lowest BCUT2D eigenvalue weighted by Gasteiger charge is -2.03. The Labute approximate surface area is 152 Å². The van der Waals surface area contributed by atoms with Gasteiger partial charge in [0.2, 0.25) is 0 Å². The molecule has 3 aromatic carbocycles. The van der Waals surface area contributed by atoms with E-state index in [0.29, 0.717) is 0 Å². The first-order chi connectivity index (χ1) is 12.7. The summed E-state index contributed by atoms with van der Waals surface area (Å²) in [6, 6.07) is 19.9. The first kappa shape index (κ1) is 18.0. The largest absolute Gasteiger partial charge is 0.497 e. The number of ether oxygens (including phenoxy) is 1. The lowest BCUT2D eigenvalue weighted by molar-refractivity contribution is 0.282. The van der Waals surface area contributed by atoms with E-state index in [4.69, 9.17) is 14.9 Å². The van der Waals surface area contributed by atoms with Crippen molar-refractivity contribution < 1.29 is 14.9 Å². The number of para-hydroxylation sites is 1. The molecule has 0 radical (unpaired) electrons. The molecule has 0 aliphatic rings. The summed E-state index contributed by atoms with van der Waals surface area (Å²) in [5.41, 5.74) is 3.09. The van der Waals surface area contributed by atoms with Crippen LogP contribution in [0.25, 0.3) is 21.7 Å². The summed E-state index contributed by atoms with van der Waals surface area (Å²) in [6.45, 7) is 0.198. The van der Waals surface area contributed by atoms with Crippen molar-refractivity contribution in [3.05, 3.63) is 78.0 Å². The van der Waals surface area contributed by atoms with E-state index < -0.39 is 0 Å². The highest BCUT2D eigenvalue weighted by Crippen LogP contribution is 2.22. The van der Waals surface area contributed by atoms with Gasteiger partial charge in [-0.25, -0.2) is 0 Å². The molecule has 4 rings (SSSR count). The maximum atomic E-state index is 9.04. The topological polar surface area (TPSA) is 54.6 Å². The highest BCUT2D eigenvalue weighted by atomic mass is 16.5. The second-order valence-electron chi connectivity index (χ2n) is 6.15. The van der Waals surface area contributed by atoms with Gasteiger partial charge in [-0.15, -0.1) is 0 Å². The number of rotatable bonds is 3. The van der Waals surface area contributed by atoms with Crippen LogP contribution in [0.4, 0.5) is 0 Å². The molecule has 0 saturated heterocycles. The Kier molecular flexibility index (Phi) is 5.56. The van der Waals surface area contributed by atoms with Crippen LogP contribution in [0.1, 0.15) is 11.1 Å². The van der Waals surface area contributed by atoms with E-state index in [0.717, 1.165) is 33.0 Å². The summed E-state index contributed by atoms with van der Waals surface area (Å²) >= 11 is 0. The number of aliphatic hydroxyl groups excluding tert-OH is 2. The Morgan fingerprint density at radius 1 is 0.885 bits per heavy atom. The van der Waals surface area contributed by atoms with Crippen molar-refractivity contribution >= 4 is 21.7 Å². The first-order valence-electron chi connectivity index (χ1n) is 8.47. The van der Waals surface area contributed by atoms with E-state index in [2.05, 4.69) is 6.07 Å². The van der Waals surface area contributed by atoms with Crippen molar-refractivity contribution in [2.75, 3.05) is 7.11 Å². The molecular formula is C22H23NO3. The monoisotopic (exact) mass is 349 g/mol. The van der Waals surface area contributed by atoms with Gasteiger partial charge in [-0.1, -0.05) is 36.4 Å². The Morgan fingerprint density at radius 2 is 1.62 bits per heavy atom. The lowest BCUT2D eigenvalue weighted by atomic mass is 10.1. The van der Waals surface area contributed by atoms with E-state index in [-0.39, 0.29) is 13.2 Å². The summed E-state index contributed by atoms with van der Waals surface area (Å²) in [5.74, 6) is 0.856. The first-order valence-corrected chi connectivity index (χ1v) is 8.47. The zero-order valence-corrected chi connectivity index (χ0v) is 15.0. The fourth-order valence-corrected chi connectivity index (χ4v) is 3.05. The van der Waals surface area contributed by atoms with Crippen LogP contribution >= 0.6 is 0 Å². The quantitative estimate of drug-likeness (QED) is 0.587. The number of hydrogen-bond acceptors (Lipinski definition) is 3. The van der Waals surface area contributed by atoms with Gasteiger partial charge in [0.25, 0.3) is 0 Å². The second-order valence-corrected chi connectivity index (χ2v) is 6.15. The molecule has 0 amide bonds. The van der Waals surface area contributed by atoms with Crippen LogP contribution in [-0.2, 0) is 20.3 Å². The molecule has 4 heteroatoms. The number of fused-ring (bicyclic) bond motifs is 2. The van der Waals surface area contributed by atoms with Crippen LogP contribution < -0.4 is 4.74 Å². The van der Waals surface area contributed by atoms with E-state index in [1.54, 1.807) is 7.11 Å². The summed E-state index contributed by atoms with van der Waals surface area (Å²) in [7, 11) is 3.64. The minimum Gasteiger partial charge on any atom is -0.497 e. The summed E-state index contributed by atoms with van der Waals surface area (Å²) in [5, 5.41) is 21.4. The van der Waals surface area contributed by atoms with Crippen LogP contribution in [0.15, 0.2) is 66.9 Å². The molecule has 0 fully saturated rings. The highest BCUT2D eigenvalue weighted by molar-refractivity contribution is 5.84. The standard InChI is InChI=1S/C12H12O2.C10H11NO/c1-14-12-5-4-10-6-9(8-13)2-3-11(10)7-12;1-11-6-8(7-12)9-4-2-3-5-10(9)11/h2-7,13H,8H2,1H3;2-6,12H,7H2,1H3. The third-order valence-electron chi connectivity index (χ3n) is 4.44. The van der Waals surface area contributed by atoms with Gasteiger partial charge in [0.15, 0.2) is 0 Å². The van der Waals surface area contributed by atoms with Crippen molar-refractivity contribution in [3.63, 3.8) is 0 Å². The van der Waals surface area contributed by atoms with Gasteiger partial charge >= 0.3 is 0 Å². The Bertz CT molecular complexity index is 977. The smallest absolute Gasteiger partial charge is 0.119 e. The van der Waals surface area contributed by atoms with E-state index in [1.807, 2.05) is 72.4 Å². The van der Waals surface area contributed by atoms with E-state index in [1.165, 1.54) is 5.52 Å². The number of benzene rings is 3. The third kappa shape index (κ3) is 3.72. The highest BCUT2D eigenvalue weighted by Gasteiger charge is 2.03. The SMILES string of the molecule is COc1ccc2cc(CO)ccc2c1.Cn1cc(CO)c2ccccc21. The van der Waals surface area contributed by atoms with Gasteiger partial charge in [-0.05, 0) is 40.6 Å². The van der Waals surface area contributed by atoms with Crippen molar-refractivity contribution in [2.45, 2.75) is 13.2 Å². The molecule has 0 bridgehead atoms. The third-order valence-corrected chi connectivity index (χ3v) is 4.44. The number of hydrogen-bond donors (Lipinski definition) is 2. The van der Waals surface area contributed by atoms with Crippen molar-refractivity contribution in [1.29, 1.82) is 0 Å². The van der Waals surface area contributed by atoms with Gasteiger partial charge in [0, 0.05) is 29.7 Å². The van der Waals surface area contributed by atoms with Gasteiger partial charge < -0.3 is 19.5 Å². The number of aromatic nitrogens is 1. The summed E-state index contributed by atoms with van der Waals surface area (Å²) < 4.78 is 7.16. The van der Waals surface area contributed by atoms with Gasteiger partial charge in [-0.3, -0.25) is 0 Å². The summed E-state index contributed by atoms with van der Waals surface area (Å²) in [4.78, 5) is 0. The molecule has 0 spiro atoms. The number of aryl methyl sites for hydroxylation is 1. The normalized spacial score (nSPS) is 10.6. The van der Waals surface area contributed by atoms with Crippen LogP contribution in [0.2, 0.25) is 0 Å².